The fourth-order valence-electron chi connectivity index (χ4n) is 1.59. The normalized spacial score (nSPS) is 10.1. The Hall–Kier alpha value is -2.37. The van der Waals surface area contributed by atoms with Crippen molar-refractivity contribution in [3.8, 4) is 0 Å². The number of hydrogen-bond acceptors (Lipinski definition) is 4. The summed E-state index contributed by atoms with van der Waals surface area (Å²) in [4.78, 5) is 16.3. The number of H-pyrrole nitrogens is 1. The van der Waals surface area contributed by atoms with Crippen LogP contribution in [0.3, 0.4) is 0 Å². The van der Waals surface area contributed by atoms with Gasteiger partial charge in [-0.1, -0.05) is 0 Å². The molecule has 0 saturated carbocycles. The molecule has 0 radical (unpaired) electrons. The number of amides is 1. The molecule has 94 valence electrons. The van der Waals surface area contributed by atoms with Crippen molar-refractivity contribution in [2.45, 2.75) is 13.8 Å². The third-order valence-corrected chi connectivity index (χ3v) is 2.33. The van der Waals surface area contributed by atoms with Crippen molar-refractivity contribution in [1.29, 1.82) is 0 Å². The van der Waals surface area contributed by atoms with Crippen LogP contribution in [0.15, 0.2) is 24.5 Å². The molecule has 0 bridgehead atoms. The lowest BCUT2D eigenvalue weighted by molar-refractivity contribution is 0.102. The average molecular weight is 245 g/mol. The van der Waals surface area contributed by atoms with Crippen LogP contribution in [0.25, 0.3) is 0 Å². The van der Waals surface area contributed by atoms with E-state index < -0.39 is 0 Å². The zero-order valence-corrected chi connectivity index (χ0v) is 10.3. The van der Waals surface area contributed by atoms with Crippen LogP contribution in [0.1, 0.15) is 23.0 Å². The van der Waals surface area contributed by atoms with Crippen molar-refractivity contribution < 1.29 is 4.79 Å². The predicted molar refractivity (Wildman–Crippen MR) is 69.7 cm³/mol. The molecule has 2 aromatic heterocycles. The summed E-state index contributed by atoms with van der Waals surface area (Å²) in [6, 6.07) is 3.47. The molecule has 0 unspecified atom stereocenters. The summed E-state index contributed by atoms with van der Waals surface area (Å²) in [5.41, 5.74) is 2.00. The second kappa shape index (κ2) is 5.31. The number of hydrogen-bond donors (Lipinski definition) is 3. The maximum absolute atomic E-state index is 12.0. The molecule has 6 heteroatoms. The van der Waals surface area contributed by atoms with E-state index >= 15 is 0 Å². The Morgan fingerprint density at radius 1 is 1.44 bits per heavy atom. The monoisotopic (exact) mass is 245 g/mol. The topological polar surface area (TPSA) is 82.7 Å². The molecule has 0 saturated heterocycles. The molecule has 0 aromatic carbocycles. The summed E-state index contributed by atoms with van der Waals surface area (Å²) in [5, 5.41) is 12.2. The van der Waals surface area contributed by atoms with Crippen LogP contribution in [0.4, 0.5) is 11.5 Å². The van der Waals surface area contributed by atoms with Gasteiger partial charge in [0.25, 0.3) is 5.91 Å². The van der Waals surface area contributed by atoms with E-state index in [4.69, 9.17) is 0 Å². The second-order valence-electron chi connectivity index (χ2n) is 3.85. The maximum Gasteiger partial charge on any atom is 0.255 e. The molecule has 18 heavy (non-hydrogen) atoms. The smallest absolute Gasteiger partial charge is 0.255 e. The van der Waals surface area contributed by atoms with Gasteiger partial charge < -0.3 is 10.6 Å². The van der Waals surface area contributed by atoms with Gasteiger partial charge in [0, 0.05) is 24.0 Å². The molecule has 3 N–H and O–H groups in total. The lowest BCUT2D eigenvalue weighted by atomic mass is 10.2. The van der Waals surface area contributed by atoms with E-state index in [0.717, 1.165) is 12.2 Å². The second-order valence-corrected chi connectivity index (χ2v) is 3.85. The zero-order valence-electron chi connectivity index (χ0n) is 10.3. The Balaban J connectivity index is 2.19. The third kappa shape index (κ3) is 2.85. The van der Waals surface area contributed by atoms with Gasteiger partial charge in [0.1, 0.15) is 5.82 Å². The number of pyridine rings is 1. The van der Waals surface area contributed by atoms with Crippen LogP contribution in [-0.2, 0) is 0 Å². The van der Waals surface area contributed by atoms with Crippen LogP contribution in [0.5, 0.6) is 0 Å². The van der Waals surface area contributed by atoms with Gasteiger partial charge in [-0.2, -0.15) is 5.10 Å². The van der Waals surface area contributed by atoms with E-state index in [0.29, 0.717) is 17.1 Å². The number of nitrogens with one attached hydrogen (secondary N) is 3. The summed E-state index contributed by atoms with van der Waals surface area (Å²) >= 11 is 0. The van der Waals surface area contributed by atoms with Crippen molar-refractivity contribution in [3.05, 3.63) is 35.8 Å². The Morgan fingerprint density at radius 3 is 2.94 bits per heavy atom. The molecular formula is C12H15N5O. The van der Waals surface area contributed by atoms with Crippen LogP contribution in [0.2, 0.25) is 0 Å². The first-order chi connectivity index (χ1) is 8.69. The summed E-state index contributed by atoms with van der Waals surface area (Å²) < 4.78 is 0. The Kier molecular flexibility index (Phi) is 3.57. The highest BCUT2D eigenvalue weighted by atomic mass is 16.1. The van der Waals surface area contributed by atoms with E-state index in [9.17, 15) is 4.79 Å². The van der Waals surface area contributed by atoms with E-state index in [-0.39, 0.29) is 5.91 Å². The fourth-order valence-corrected chi connectivity index (χ4v) is 1.59. The minimum Gasteiger partial charge on any atom is -0.370 e. The molecule has 0 fully saturated rings. The summed E-state index contributed by atoms with van der Waals surface area (Å²) in [6.07, 6.45) is 3.17. The van der Waals surface area contributed by atoms with Crippen molar-refractivity contribution >= 4 is 17.4 Å². The van der Waals surface area contributed by atoms with E-state index in [1.54, 1.807) is 24.5 Å². The largest absolute Gasteiger partial charge is 0.370 e. The minimum absolute atomic E-state index is 0.180. The van der Waals surface area contributed by atoms with Gasteiger partial charge in [0.2, 0.25) is 0 Å². The van der Waals surface area contributed by atoms with Crippen molar-refractivity contribution in [3.63, 3.8) is 0 Å². The molecular weight excluding hydrogens is 230 g/mol. The minimum atomic E-state index is -0.180. The molecule has 0 aliphatic heterocycles. The number of carbonyl (C=O) groups excluding carboxylic acids is 1. The number of anilines is 2. The van der Waals surface area contributed by atoms with Gasteiger partial charge in [-0.25, -0.2) is 4.98 Å². The highest BCUT2D eigenvalue weighted by Gasteiger charge is 2.09. The number of nitrogens with zero attached hydrogens (tertiary/aromatic N) is 2. The molecule has 2 aromatic rings. The summed E-state index contributed by atoms with van der Waals surface area (Å²) in [7, 11) is 0. The van der Waals surface area contributed by atoms with E-state index in [1.807, 2.05) is 13.8 Å². The number of aromatic nitrogens is 3. The lowest BCUT2D eigenvalue weighted by Gasteiger charge is -2.07. The molecule has 2 heterocycles. The van der Waals surface area contributed by atoms with Gasteiger partial charge in [-0.3, -0.25) is 9.89 Å². The van der Waals surface area contributed by atoms with Gasteiger partial charge in [-0.15, -0.1) is 0 Å². The van der Waals surface area contributed by atoms with Crippen LogP contribution < -0.4 is 10.6 Å². The van der Waals surface area contributed by atoms with Crippen LogP contribution >= 0.6 is 0 Å². The number of aryl methyl sites for hydroxylation is 1. The lowest BCUT2D eigenvalue weighted by Crippen LogP contribution is -2.13. The number of aromatic amines is 1. The van der Waals surface area contributed by atoms with Crippen molar-refractivity contribution in [1.82, 2.24) is 15.2 Å². The van der Waals surface area contributed by atoms with Gasteiger partial charge in [0.15, 0.2) is 0 Å². The Morgan fingerprint density at radius 2 is 2.28 bits per heavy atom. The number of rotatable bonds is 4. The molecule has 2 rings (SSSR count). The standard InChI is InChI=1S/C12H15N5O/c1-3-13-11-5-9(4-8(2)16-11)12(18)17-10-6-14-15-7-10/h4-7H,3H2,1-2H3,(H,13,16)(H,14,15)(H,17,18). The first-order valence-corrected chi connectivity index (χ1v) is 5.71. The van der Waals surface area contributed by atoms with E-state index in [1.165, 1.54) is 0 Å². The van der Waals surface area contributed by atoms with Gasteiger partial charge >= 0.3 is 0 Å². The molecule has 6 nitrogen and oxygen atoms in total. The zero-order chi connectivity index (χ0) is 13.0. The number of carbonyl (C=O) groups is 1. The summed E-state index contributed by atoms with van der Waals surface area (Å²) in [5.74, 6) is 0.524. The first kappa shape index (κ1) is 12.1. The molecule has 0 aliphatic carbocycles. The van der Waals surface area contributed by atoms with Crippen molar-refractivity contribution in [2.24, 2.45) is 0 Å². The maximum atomic E-state index is 12.0. The van der Waals surface area contributed by atoms with Gasteiger partial charge in [0.05, 0.1) is 11.9 Å². The van der Waals surface area contributed by atoms with Crippen molar-refractivity contribution in [2.75, 3.05) is 17.2 Å². The molecule has 0 spiro atoms. The quantitative estimate of drug-likeness (QED) is 0.767. The highest BCUT2D eigenvalue weighted by Crippen LogP contribution is 2.12. The van der Waals surface area contributed by atoms with Gasteiger partial charge in [-0.05, 0) is 26.0 Å². The average Bonchev–Trinajstić information content (AvgIpc) is 2.81. The Bertz CT molecular complexity index is 535. The highest BCUT2D eigenvalue weighted by molar-refractivity contribution is 6.04. The molecule has 0 aliphatic rings. The predicted octanol–water partition coefficient (Wildman–Crippen LogP) is 1.80. The Labute approximate surface area is 105 Å². The third-order valence-electron chi connectivity index (χ3n) is 2.33. The first-order valence-electron chi connectivity index (χ1n) is 5.71. The van der Waals surface area contributed by atoms with Crippen LogP contribution in [0, 0.1) is 6.92 Å². The molecule has 0 atom stereocenters. The molecule has 1 amide bonds. The van der Waals surface area contributed by atoms with Crippen LogP contribution in [-0.4, -0.2) is 27.6 Å². The SMILES string of the molecule is CCNc1cc(C(=O)Nc2cn[nH]c2)cc(C)n1. The fraction of sp³-hybridized carbons (Fsp3) is 0.250. The van der Waals surface area contributed by atoms with E-state index in [2.05, 4.69) is 25.8 Å². The summed E-state index contributed by atoms with van der Waals surface area (Å²) in [6.45, 7) is 4.60.